The van der Waals surface area contributed by atoms with E-state index in [0.717, 1.165) is 84.7 Å². The summed E-state index contributed by atoms with van der Waals surface area (Å²) < 4.78 is 2.19. The molecule has 5 aromatic rings. The molecule has 1 saturated heterocycles. The van der Waals surface area contributed by atoms with Gasteiger partial charge >= 0.3 is 5.97 Å². The highest BCUT2D eigenvalue weighted by molar-refractivity contribution is 8.13. The van der Waals surface area contributed by atoms with Crippen molar-refractivity contribution in [1.82, 2.24) is 24.7 Å². The zero-order valence-electron chi connectivity index (χ0n) is 30.9. The number of piperazine rings is 1. The van der Waals surface area contributed by atoms with Crippen LogP contribution in [-0.4, -0.2) is 93.0 Å². The quantitative estimate of drug-likeness (QED) is 0.119. The SMILES string of the molecule is CCCc1nc2c(C)cc(C(=O)N[C@@H](CSC(=O)CCN3CCN(C)CC3)Cc3ccccc3)cc2n1Cc1ccc(-c2ccccc2C(=O)O)cc1. The Bertz CT molecular complexity index is 2040. The highest BCUT2D eigenvalue weighted by Gasteiger charge is 2.21. The van der Waals surface area contributed by atoms with Gasteiger partial charge in [0.05, 0.1) is 16.6 Å². The van der Waals surface area contributed by atoms with E-state index in [-0.39, 0.29) is 22.6 Å². The smallest absolute Gasteiger partial charge is 0.336 e. The highest BCUT2D eigenvalue weighted by atomic mass is 32.2. The fraction of sp³-hybridized carbons (Fsp3) is 0.349. The summed E-state index contributed by atoms with van der Waals surface area (Å²) in [6.07, 6.45) is 2.84. The predicted molar refractivity (Wildman–Crippen MR) is 214 cm³/mol. The van der Waals surface area contributed by atoms with Gasteiger partial charge in [-0.25, -0.2) is 9.78 Å². The number of likely N-dealkylation sites (N-methyl/N-ethyl adjacent to an activating group) is 1. The number of amides is 1. The van der Waals surface area contributed by atoms with E-state index in [0.29, 0.717) is 36.3 Å². The number of imidazole rings is 1. The van der Waals surface area contributed by atoms with Crippen molar-refractivity contribution >= 4 is 39.8 Å². The molecule has 276 valence electrons. The van der Waals surface area contributed by atoms with Crippen molar-refractivity contribution < 1.29 is 19.5 Å². The van der Waals surface area contributed by atoms with Crippen LogP contribution in [0.2, 0.25) is 0 Å². The van der Waals surface area contributed by atoms with Crippen molar-refractivity contribution in [2.45, 2.75) is 52.1 Å². The molecule has 0 unspecified atom stereocenters. The number of aromatic nitrogens is 2. The van der Waals surface area contributed by atoms with Crippen LogP contribution in [0.5, 0.6) is 0 Å². The molecule has 1 atom stereocenters. The van der Waals surface area contributed by atoms with E-state index in [4.69, 9.17) is 4.98 Å². The third kappa shape index (κ3) is 9.81. The van der Waals surface area contributed by atoms with Gasteiger partial charge in [0.25, 0.3) is 5.91 Å². The van der Waals surface area contributed by atoms with E-state index in [9.17, 15) is 19.5 Å². The molecule has 10 heteroatoms. The lowest BCUT2D eigenvalue weighted by molar-refractivity contribution is -0.111. The minimum absolute atomic E-state index is 0.153. The van der Waals surface area contributed by atoms with E-state index in [1.807, 2.05) is 73.7 Å². The lowest BCUT2D eigenvalue weighted by Crippen LogP contribution is -2.45. The van der Waals surface area contributed by atoms with Gasteiger partial charge in [0.15, 0.2) is 5.12 Å². The monoisotopic (exact) mass is 731 g/mol. The Morgan fingerprint density at radius 2 is 1.62 bits per heavy atom. The van der Waals surface area contributed by atoms with Gasteiger partial charge in [0, 0.05) is 69.5 Å². The molecule has 4 aromatic carbocycles. The van der Waals surface area contributed by atoms with Crippen LogP contribution in [0.25, 0.3) is 22.2 Å². The molecule has 1 amide bonds. The second-order valence-corrected chi connectivity index (χ2v) is 15.1. The molecule has 9 nitrogen and oxygen atoms in total. The maximum Gasteiger partial charge on any atom is 0.336 e. The lowest BCUT2D eigenvalue weighted by atomic mass is 9.98. The molecule has 2 heterocycles. The summed E-state index contributed by atoms with van der Waals surface area (Å²) in [5, 5.41) is 13.1. The van der Waals surface area contributed by atoms with Crippen molar-refractivity contribution in [2.75, 3.05) is 45.5 Å². The van der Waals surface area contributed by atoms with Crippen LogP contribution >= 0.6 is 11.8 Å². The molecule has 1 aromatic heterocycles. The van der Waals surface area contributed by atoms with Crippen LogP contribution in [0.4, 0.5) is 0 Å². The first kappa shape index (κ1) is 38.0. The summed E-state index contributed by atoms with van der Waals surface area (Å²) in [4.78, 5) is 48.5. The normalized spacial score (nSPS) is 14.3. The van der Waals surface area contributed by atoms with Gasteiger partial charge in [0.2, 0.25) is 0 Å². The highest BCUT2D eigenvalue weighted by Crippen LogP contribution is 2.27. The van der Waals surface area contributed by atoms with Crippen LogP contribution in [0.1, 0.15) is 63.0 Å². The standard InChI is InChI=1S/C43H49N5O4S/c1-4-10-39-45-41-30(2)25-34(27-38(41)48(39)28-32-15-17-33(18-16-32)36-13-8-9-14-37(36)43(51)52)42(50)44-35(26-31-11-6-5-7-12-31)29-53-40(49)19-20-47-23-21-46(3)22-24-47/h5-9,11-18,25,27,35H,4,10,19-24,26,28-29H2,1-3H3,(H,44,50)(H,51,52)/t35-/m1/s1. The van der Waals surface area contributed by atoms with E-state index in [2.05, 4.69) is 45.8 Å². The molecule has 0 aliphatic carbocycles. The Morgan fingerprint density at radius 1 is 0.906 bits per heavy atom. The summed E-state index contributed by atoms with van der Waals surface area (Å²) in [7, 11) is 2.13. The summed E-state index contributed by atoms with van der Waals surface area (Å²) in [5.41, 5.74) is 7.19. The van der Waals surface area contributed by atoms with Crippen molar-refractivity contribution in [3.63, 3.8) is 0 Å². The second kappa shape index (κ2) is 17.8. The van der Waals surface area contributed by atoms with Gasteiger partial charge < -0.3 is 24.8 Å². The van der Waals surface area contributed by atoms with E-state index in [1.54, 1.807) is 12.1 Å². The molecule has 0 spiro atoms. The average molecular weight is 732 g/mol. The Kier molecular flexibility index (Phi) is 12.8. The first-order valence-electron chi connectivity index (χ1n) is 18.5. The molecule has 1 aliphatic rings. The summed E-state index contributed by atoms with van der Waals surface area (Å²) in [5.74, 6) is 0.323. The Hall–Kier alpha value is -4.77. The van der Waals surface area contributed by atoms with Crippen LogP contribution in [-0.2, 0) is 24.2 Å². The molecule has 0 radical (unpaired) electrons. The molecule has 1 fully saturated rings. The zero-order valence-corrected chi connectivity index (χ0v) is 31.7. The molecule has 0 bridgehead atoms. The number of benzene rings is 4. The van der Waals surface area contributed by atoms with E-state index < -0.39 is 5.97 Å². The lowest BCUT2D eigenvalue weighted by Gasteiger charge is -2.32. The number of carbonyl (C=O) groups excluding carboxylic acids is 2. The summed E-state index contributed by atoms with van der Waals surface area (Å²) >= 11 is 1.32. The molecule has 2 N–H and O–H groups in total. The number of fused-ring (bicyclic) bond motifs is 1. The van der Waals surface area contributed by atoms with Crippen LogP contribution in [0.3, 0.4) is 0 Å². The fourth-order valence-corrected chi connectivity index (χ4v) is 7.79. The number of aryl methyl sites for hydroxylation is 2. The van der Waals surface area contributed by atoms with Gasteiger partial charge in [-0.05, 0) is 72.8 Å². The first-order chi connectivity index (χ1) is 25.7. The zero-order chi connectivity index (χ0) is 37.3. The topological polar surface area (TPSA) is 108 Å². The number of carbonyl (C=O) groups is 3. The van der Waals surface area contributed by atoms with Gasteiger partial charge in [0.1, 0.15) is 5.82 Å². The van der Waals surface area contributed by atoms with Gasteiger partial charge in [-0.2, -0.15) is 0 Å². The number of hydrogen-bond donors (Lipinski definition) is 2. The molecule has 6 rings (SSSR count). The van der Waals surface area contributed by atoms with Gasteiger partial charge in [-0.15, -0.1) is 0 Å². The van der Waals surface area contributed by atoms with Crippen molar-refractivity contribution in [2.24, 2.45) is 0 Å². The average Bonchev–Trinajstić information content (AvgIpc) is 3.51. The number of nitrogens with one attached hydrogen (secondary N) is 1. The van der Waals surface area contributed by atoms with Gasteiger partial charge in [-0.3, -0.25) is 9.59 Å². The third-order valence-corrected chi connectivity index (χ3v) is 11.1. The summed E-state index contributed by atoms with van der Waals surface area (Å²) in [6, 6.07) is 28.7. The van der Waals surface area contributed by atoms with E-state index >= 15 is 0 Å². The summed E-state index contributed by atoms with van der Waals surface area (Å²) in [6.45, 7) is 9.48. The number of aromatic carboxylic acids is 1. The Labute approximate surface area is 316 Å². The van der Waals surface area contributed by atoms with Crippen molar-refractivity contribution in [3.05, 3.63) is 125 Å². The Balaban J connectivity index is 1.20. The maximum atomic E-state index is 14.0. The van der Waals surface area contributed by atoms with Crippen LogP contribution < -0.4 is 5.32 Å². The molecule has 0 saturated carbocycles. The fourth-order valence-electron chi connectivity index (χ4n) is 6.96. The minimum Gasteiger partial charge on any atom is -0.478 e. The molecular weight excluding hydrogens is 683 g/mol. The molecule has 1 aliphatic heterocycles. The second-order valence-electron chi connectivity index (χ2n) is 14.0. The van der Waals surface area contributed by atoms with Crippen molar-refractivity contribution in [1.29, 1.82) is 0 Å². The van der Waals surface area contributed by atoms with Crippen molar-refractivity contribution in [3.8, 4) is 11.1 Å². The number of carboxylic acid groups (broad SMARTS) is 1. The number of nitrogens with zero attached hydrogens (tertiary/aromatic N) is 4. The molecular formula is C43H49N5O4S. The molecule has 53 heavy (non-hydrogen) atoms. The van der Waals surface area contributed by atoms with Gasteiger partial charge in [-0.1, -0.05) is 91.5 Å². The third-order valence-electron chi connectivity index (χ3n) is 9.96. The number of hydrogen-bond acceptors (Lipinski definition) is 7. The number of thioether (sulfide) groups is 1. The Morgan fingerprint density at radius 3 is 2.34 bits per heavy atom. The number of rotatable bonds is 15. The van der Waals surface area contributed by atoms with E-state index in [1.165, 1.54) is 11.8 Å². The minimum atomic E-state index is -0.954. The predicted octanol–water partition coefficient (Wildman–Crippen LogP) is 6.95. The maximum absolute atomic E-state index is 14.0. The first-order valence-corrected chi connectivity index (χ1v) is 19.5. The number of carboxylic acids is 1. The van der Waals surface area contributed by atoms with Crippen LogP contribution in [0.15, 0.2) is 91.0 Å². The largest absolute Gasteiger partial charge is 0.478 e. The van der Waals surface area contributed by atoms with Crippen LogP contribution in [0, 0.1) is 6.92 Å².